The van der Waals surface area contributed by atoms with Crippen molar-refractivity contribution in [2.75, 3.05) is 40.7 Å². The molecular weight excluding hydrogens is 609 g/mol. The normalized spacial score (nSPS) is 11.4. The highest BCUT2D eigenvalue weighted by atomic mass is 32.2. The number of phenols is 1. The Hall–Kier alpha value is -4.71. The quantitative estimate of drug-likeness (QED) is 0.0897. The van der Waals surface area contributed by atoms with Crippen molar-refractivity contribution in [2.45, 2.75) is 19.6 Å². The lowest BCUT2D eigenvalue weighted by molar-refractivity contribution is 0.477. The molecule has 226 valence electrons. The van der Waals surface area contributed by atoms with Gasteiger partial charge in [0.25, 0.3) is 10.1 Å². The number of hydrogen-bond donors (Lipinski definition) is 8. The van der Waals surface area contributed by atoms with Gasteiger partial charge in [0.1, 0.15) is 10.6 Å². The molecule has 0 atom stereocenters. The molecule has 0 fully saturated rings. The zero-order valence-electron chi connectivity index (χ0n) is 22.0. The summed E-state index contributed by atoms with van der Waals surface area (Å²) in [7, 11) is -11.2. The van der Waals surface area contributed by atoms with Crippen LogP contribution in [-0.2, 0) is 29.8 Å². The van der Waals surface area contributed by atoms with Gasteiger partial charge in [-0.3, -0.25) is 4.55 Å². The van der Waals surface area contributed by atoms with Gasteiger partial charge in [0.05, 0.1) is 48.8 Å². The number of nitrogens with two attached hydrogens (primary N) is 6. The van der Waals surface area contributed by atoms with Crippen LogP contribution in [0.25, 0.3) is 0 Å². The Labute approximate surface area is 243 Å². The Morgan fingerprint density at radius 1 is 0.548 bits per heavy atom. The van der Waals surface area contributed by atoms with Crippen LogP contribution >= 0.6 is 0 Å². The molecule has 0 aliphatic carbocycles. The van der Waals surface area contributed by atoms with E-state index in [0.717, 1.165) is 12.3 Å². The molecule has 0 bridgehead atoms. The third-order valence-corrected chi connectivity index (χ3v) is 9.26. The van der Waals surface area contributed by atoms with Crippen LogP contribution in [0.1, 0.15) is 0 Å². The summed E-state index contributed by atoms with van der Waals surface area (Å²) in [5.41, 5.74) is 32.2. The first-order chi connectivity index (χ1) is 19.3. The van der Waals surface area contributed by atoms with E-state index in [0.29, 0.717) is 0 Å². The number of benzene rings is 4. The second-order valence-electron chi connectivity index (χ2n) is 8.53. The number of aromatic hydroxyl groups is 1. The summed E-state index contributed by atoms with van der Waals surface area (Å²) in [4.78, 5) is -0.0198. The highest BCUT2D eigenvalue weighted by Crippen LogP contribution is 2.34. The van der Waals surface area contributed by atoms with Crippen molar-refractivity contribution in [1.29, 1.82) is 0 Å². The maximum absolute atomic E-state index is 12.2. The monoisotopic (exact) mass is 638 g/mol. The summed E-state index contributed by atoms with van der Waals surface area (Å²) in [5.74, 6) is -0.109. The van der Waals surface area contributed by atoms with Gasteiger partial charge in [-0.05, 0) is 48.5 Å². The molecule has 0 saturated carbocycles. The minimum absolute atomic E-state index is 0.00472. The van der Waals surface area contributed by atoms with Gasteiger partial charge in [-0.15, -0.1) is 0 Å². The largest absolute Gasteiger partial charge is 0.506 e. The van der Waals surface area contributed by atoms with Gasteiger partial charge < -0.3 is 39.5 Å². The minimum Gasteiger partial charge on any atom is -0.506 e. The molecule has 0 amide bonds. The number of anilines is 6. The lowest BCUT2D eigenvalue weighted by atomic mass is 10.2. The first-order valence-electron chi connectivity index (χ1n) is 11.4. The topological polar surface area (TPSA) is 299 Å². The smallest absolute Gasteiger partial charge is 0.296 e. The molecule has 14 N–H and O–H groups in total. The summed E-state index contributed by atoms with van der Waals surface area (Å²) in [6.45, 7) is 0. The van der Waals surface area contributed by atoms with Gasteiger partial charge in [-0.25, -0.2) is 16.8 Å². The average Bonchev–Trinajstić information content (AvgIpc) is 2.91. The summed E-state index contributed by atoms with van der Waals surface area (Å²) in [5, 5.41) is 8.99. The Morgan fingerprint density at radius 3 is 1.60 bits per heavy atom. The molecule has 4 rings (SSSR count). The van der Waals surface area contributed by atoms with Gasteiger partial charge in [-0.2, -0.15) is 8.42 Å². The summed E-state index contributed by atoms with van der Waals surface area (Å²) in [6, 6.07) is 19.5. The second-order valence-corrected chi connectivity index (χ2v) is 13.9. The molecule has 0 aliphatic rings. The zero-order valence-corrected chi connectivity index (χ0v) is 24.5. The van der Waals surface area contributed by atoms with Crippen LogP contribution in [0, 0.1) is 0 Å². The lowest BCUT2D eigenvalue weighted by Gasteiger charge is -2.10. The van der Waals surface area contributed by atoms with E-state index in [1.807, 2.05) is 0 Å². The Kier molecular flexibility index (Phi) is 10.3. The van der Waals surface area contributed by atoms with E-state index in [1.54, 1.807) is 48.5 Å². The van der Waals surface area contributed by atoms with E-state index in [1.165, 1.54) is 24.3 Å². The molecule has 0 aliphatic heterocycles. The van der Waals surface area contributed by atoms with Crippen molar-refractivity contribution in [1.82, 2.24) is 0 Å². The molecule has 0 heterocycles. The molecule has 42 heavy (non-hydrogen) atoms. The minimum atomic E-state index is -4.44. The third-order valence-electron chi connectivity index (χ3n) is 5.41. The predicted molar refractivity (Wildman–Crippen MR) is 162 cm³/mol. The number of rotatable bonds is 4. The molecular formula is C25H30N6O8S3. The molecule has 0 spiro atoms. The third kappa shape index (κ3) is 8.16. The number of hydrogen-bond acceptors (Lipinski definition) is 13. The van der Waals surface area contributed by atoms with Crippen LogP contribution in [0.2, 0.25) is 0 Å². The average molecular weight is 639 g/mol. The molecule has 0 saturated heterocycles. The predicted octanol–water partition coefficient (Wildman–Crippen LogP) is 1.74. The summed E-state index contributed by atoms with van der Waals surface area (Å²) >= 11 is 0. The van der Waals surface area contributed by atoms with Crippen LogP contribution < -0.4 is 34.4 Å². The summed E-state index contributed by atoms with van der Waals surface area (Å²) in [6.07, 6.45) is 1.08. The molecule has 0 aromatic heterocycles. The van der Waals surface area contributed by atoms with E-state index >= 15 is 0 Å². The van der Waals surface area contributed by atoms with Crippen molar-refractivity contribution in [3.05, 3.63) is 78.9 Å². The maximum Gasteiger partial charge on any atom is 0.296 e. The molecule has 0 unspecified atom stereocenters. The number of sulfone groups is 2. The second kappa shape index (κ2) is 12.9. The van der Waals surface area contributed by atoms with Gasteiger partial charge in [0, 0.05) is 6.26 Å². The van der Waals surface area contributed by atoms with Gasteiger partial charge >= 0.3 is 0 Å². The fourth-order valence-electron chi connectivity index (χ4n) is 3.16. The SMILES string of the molecule is CS(=O)(=O)c1ccc(O)c(N)c1.Nc1cc(S(=O)(=O)O)c(N)c(N)c1N.Nc1ccccc1S(=O)(=O)c1ccccc1. The molecule has 4 aromatic carbocycles. The molecule has 17 heteroatoms. The number of phenolic OH excluding ortho intramolecular Hbond substituents is 1. The van der Waals surface area contributed by atoms with E-state index < -0.39 is 34.7 Å². The Balaban J connectivity index is 0.000000223. The van der Waals surface area contributed by atoms with Crippen molar-refractivity contribution < 1.29 is 34.9 Å². The maximum atomic E-state index is 12.2. The lowest BCUT2D eigenvalue weighted by Crippen LogP contribution is -2.10. The van der Waals surface area contributed by atoms with Crippen molar-refractivity contribution >= 4 is 63.9 Å². The van der Waals surface area contributed by atoms with Crippen LogP contribution in [0.15, 0.2) is 98.4 Å². The van der Waals surface area contributed by atoms with E-state index in [9.17, 15) is 25.3 Å². The number of nitrogen functional groups attached to an aromatic ring is 6. The molecule has 4 aromatic rings. The Bertz CT molecular complexity index is 1920. The Morgan fingerprint density at radius 2 is 1.10 bits per heavy atom. The van der Waals surface area contributed by atoms with Gasteiger partial charge in [-0.1, -0.05) is 30.3 Å². The van der Waals surface area contributed by atoms with Crippen molar-refractivity contribution in [3.63, 3.8) is 0 Å². The van der Waals surface area contributed by atoms with Crippen LogP contribution in [0.4, 0.5) is 34.1 Å². The van der Waals surface area contributed by atoms with Gasteiger partial charge in [0.2, 0.25) is 9.84 Å². The van der Waals surface area contributed by atoms with Crippen molar-refractivity contribution in [3.8, 4) is 5.75 Å². The molecule has 14 nitrogen and oxygen atoms in total. The first-order valence-corrected chi connectivity index (χ1v) is 16.2. The summed E-state index contributed by atoms with van der Waals surface area (Å²) < 4.78 is 76.6. The van der Waals surface area contributed by atoms with Crippen LogP contribution in [0.3, 0.4) is 0 Å². The highest BCUT2D eigenvalue weighted by Gasteiger charge is 2.20. The van der Waals surface area contributed by atoms with E-state index in [2.05, 4.69) is 0 Å². The van der Waals surface area contributed by atoms with Gasteiger partial charge in [0.15, 0.2) is 9.84 Å². The fourth-order valence-corrected chi connectivity index (χ4v) is 5.88. The van der Waals surface area contributed by atoms with E-state index in [-0.39, 0.29) is 54.6 Å². The zero-order chi connectivity index (χ0) is 32.0. The standard InChI is InChI=1S/C12H11NO2S.C7H9NO3S.C6H10N4O3S/c13-11-8-4-5-9-12(11)16(14,15)10-6-2-1-3-7-10;1-12(10,11)5-2-3-7(9)6(8)4-5;7-2-1-3(14(11,12)13)5(9)6(10)4(2)8/h1-9H,13H2;2-4,9H,8H2,1H3;1H,7-10H2,(H,11,12,13). The van der Waals surface area contributed by atoms with Crippen molar-refractivity contribution in [2.24, 2.45) is 0 Å². The molecule has 0 radical (unpaired) electrons. The first kappa shape index (κ1) is 33.5. The number of para-hydroxylation sites is 1. The highest BCUT2D eigenvalue weighted by molar-refractivity contribution is 7.91. The van der Waals surface area contributed by atoms with Crippen LogP contribution in [-0.4, -0.2) is 41.2 Å². The van der Waals surface area contributed by atoms with Crippen LogP contribution in [0.5, 0.6) is 5.75 Å². The van der Waals surface area contributed by atoms with E-state index in [4.69, 9.17) is 44.1 Å². The fraction of sp³-hybridized carbons (Fsp3) is 0.0400.